The number of nitrogens with two attached hydrogens (primary N) is 1. The van der Waals surface area contributed by atoms with Crippen molar-refractivity contribution in [2.45, 2.75) is 25.8 Å². The summed E-state index contributed by atoms with van der Waals surface area (Å²) in [6, 6.07) is 11.9. The van der Waals surface area contributed by atoms with E-state index >= 15 is 0 Å². The van der Waals surface area contributed by atoms with E-state index in [2.05, 4.69) is 37.6 Å². The van der Waals surface area contributed by atoms with Gasteiger partial charge in [0.25, 0.3) is 0 Å². The van der Waals surface area contributed by atoms with E-state index < -0.39 is 0 Å². The molecule has 1 aliphatic heterocycles. The first-order chi connectivity index (χ1) is 14.6. The lowest BCUT2D eigenvalue weighted by atomic mass is 9.96. The molecule has 0 bridgehead atoms. The van der Waals surface area contributed by atoms with Crippen LogP contribution < -0.4 is 21.3 Å². The van der Waals surface area contributed by atoms with Crippen LogP contribution in [0.3, 0.4) is 0 Å². The standard InChI is InChI=1S/C22H29ClN6O.HI/c1-25-22(27-11-7-16-4-2-6-19(23)14-16)28-15-18-5-3-10-26-21(18)29-12-8-17(9-13-29)20(24)30;/h2-6,10,14,17H,7-9,11-13,15H2,1H3,(H2,24,30)(H2,25,27,28);1H. The molecule has 1 amide bonds. The number of anilines is 1. The Morgan fingerprint density at radius 1 is 1.26 bits per heavy atom. The van der Waals surface area contributed by atoms with Crippen LogP contribution in [0, 0.1) is 5.92 Å². The Morgan fingerprint density at radius 3 is 2.71 bits per heavy atom. The summed E-state index contributed by atoms with van der Waals surface area (Å²) < 4.78 is 0. The van der Waals surface area contributed by atoms with Gasteiger partial charge in [0.05, 0.1) is 0 Å². The van der Waals surface area contributed by atoms with E-state index in [0.29, 0.717) is 6.54 Å². The maximum Gasteiger partial charge on any atom is 0.220 e. The quantitative estimate of drug-likeness (QED) is 0.277. The predicted molar refractivity (Wildman–Crippen MR) is 137 cm³/mol. The molecular formula is C22H30ClIN6O. The minimum Gasteiger partial charge on any atom is -0.369 e. The van der Waals surface area contributed by atoms with Gasteiger partial charge in [-0.3, -0.25) is 9.79 Å². The number of amides is 1. The van der Waals surface area contributed by atoms with Gasteiger partial charge in [-0.05, 0) is 43.0 Å². The van der Waals surface area contributed by atoms with E-state index in [0.717, 1.165) is 61.3 Å². The lowest BCUT2D eigenvalue weighted by Gasteiger charge is -2.32. The number of nitrogens with zero attached hydrogens (tertiary/aromatic N) is 3. The second kappa shape index (κ2) is 12.7. The fraction of sp³-hybridized carbons (Fsp3) is 0.409. The summed E-state index contributed by atoms with van der Waals surface area (Å²) in [7, 11) is 1.76. The number of nitrogens with one attached hydrogen (secondary N) is 2. The van der Waals surface area contributed by atoms with Gasteiger partial charge in [-0.1, -0.05) is 29.8 Å². The number of guanidine groups is 1. The normalized spacial score (nSPS) is 14.6. The van der Waals surface area contributed by atoms with Crippen molar-refractivity contribution in [1.29, 1.82) is 0 Å². The maximum atomic E-state index is 11.4. The molecular weight excluding hydrogens is 527 g/mol. The van der Waals surface area contributed by atoms with Crippen molar-refractivity contribution in [2.75, 3.05) is 31.6 Å². The molecule has 0 saturated carbocycles. The number of halogens is 2. The minimum atomic E-state index is -0.204. The molecule has 168 valence electrons. The number of hydrogen-bond donors (Lipinski definition) is 3. The third kappa shape index (κ3) is 7.53. The van der Waals surface area contributed by atoms with Crippen molar-refractivity contribution in [3.05, 3.63) is 58.7 Å². The molecule has 31 heavy (non-hydrogen) atoms. The molecule has 1 aromatic heterocycles. The Kier molecular flexibility index (Phi) is 10.3. The number of aromatic nitrogens is 1. The molecule has 0 spiro atoms. The van der Waals surface area contributed by atoms with Crippen LogP contribution in [0.4, 0.5) is 5.82 Å². The molecule has 4 N–H and O–H groups in total. The maximum absolute atomic E-state index is 11.4. The molecule has 7 nitrogen and oxygen atoms in total. The number of carbonyl (C=O) groups is 1. The van der Waals surface area contributed by atoms with Crippen molar-refractivity contribution >= 4 is 53.3 Å². The van der Waals surface area contributed by atoms with Gasteiger partial charge in [0.15, 0.2) is 5.96 Å². The lowest BCUT2D eigenvalue weighted by molar-refractivity contribution is -0.122. The number of primary amides is 1. The van der Waals surface area contributed by atoms with Gasteiger partial charge in [-0.25, -0.2) is 4.98 Å². The summed E-state index contributed by atoms with van der Waals surface area (Å²) in [4.78, 5) is 22.5. The summed E-state index contributed by atoms with van der Waals surface area (Å²) in [5.74, 6) is 1.45. The van der Waals surface area contributed by atoms with Crippen LogP contribution >= 0.6 is 35.6 Å². The lowest BCUT2D eigenvalue weighted by Crippen LogP contribution is -2.40. The highest BCUT2D eigenvalue weighted by Gasteiger charge is 2.24. The van der Waals surface area contributed by atoms with Crippen LogP contribution in [-0.4, -0.2) is 43.5 Å². The molecule has 1 aromatic carbocycles. The highest BCUT2D eigenvalue weighted by atomic mass is 127. The van der Waals surface area contributed by atoms with Crippen molar-refractivity contribution in [3.8, 4) is 0 Å². The average Bonchev–Trinajstić information content (AvgIpc) is 2.76. The van der Waals surface area contributed by atoms with Crippen molar-refractivity contribution in [3.63, 3.8) is 0 Å². The first-order valence-corrected chi connectivity index (χ1v) is 10.6. The Bertz CT molecular complexity index is 886. The van der Waals surface area contributed by atoms with E-state index in [1.54, 1.807) is 13.2 Å². The molecule has 0 radical (unpaired) electrons. The topological polar surface area (TPSA) is 95.6 Å². The third-order valence-corrected chi connectivity index (χ3v) is 5.56. The second-order valence-corrected chi connectivity index (χ2v) is 7.82. The van der Waals surface area contributed by atoms with Crippen LogP contribution in [0.2, 0.25) is 5.02 Å². The Hall–Kier alpha value is -2.07. The highest BCUT2D eigenvalue weighted by molar-refractivity contribution is 14.0. The molecule has 1 saturated heterocycles. The fourth-order valence-corrected chi connectivity index (χ4v) is 3.86. The van der Waals surface area contributed by atoms with Crippen molar-refractivity contribution < 1.29 is 4.79 Å². The summed E-state index contributed by atoms with van der Waals surface area (Å²) in [5, 5.41) is 7.45. The summed E-state index contributed by atoms with van der Waals surface area (Å²) in [6.07, 6.45) is 4.20. The largest absolute Gasteiger partial charge is 0.369 e. The number of benzene rings is 1. The van der Waals surface area contributed by atoms with Crippen LogP contribution in [0.1, 0.15) is 24.0 Å². The van der Waals surface area contributed by atoms with E-state index in [9.17, 15) is 4.79 Å². The highest BCUT2D eigenvalue weighted by Crippen LogP contribution is 2.24. The first kappa shape index (κ1) is 25.2. The zero-order valence-corrected chi connectivity index (χ0v) is 20.8. The Balaban J connectivity index is 0.00000341. The molecule has 1 fully saturated rings. The van der Waals surface area contributed by atoms with E-state index in [4.69, 9.17) is 17.3 Å². The van der Waals surface area contributed by atoms with E-state index in [1.165, 1.54) is 5.56 Å². The summed E-state index contributed by atoms with van der Waals surface area (Å²) in [5.41, 5.74) is 7.72. The van der Waals surface area contributed by atoms with Gasteiger partial charge in [0.2, 0.25) is 5.91 Å². The zero-order valence-electron chi connectivity index (χ0n) is 17.7. The van der Waals surface area contributed by atoms with E-state index in [-0.39, 0.29) is 35.8 Å². The number of hydrogen-bond acceptors (Lipinski definition) is 4. The number of pyridine rings is 1. The van der Waals surface area contributed by atoms with Crippen LogP contribution in [0.25, 0.3) is 0 Å². The summed E-state index contributed by atoms with van der Waals surface area (Å²) in [6.45, 7) is 2.92. The van der Waals surface area contributed by atoms with Crippen molar-refractivity contribution in [1.82, 2.24) is 15.6 Å². The Labute approximate surface area is 205 Å². The van der Waals surface area contributed by atoms with Gasteiger partial charge in [-0.15, -0.1) is 24.0 Å². The number of piperidine rings is 1. The number of rotatable bonds is 7. The predicted octanol–water partition coefficient (Wildman–Crippen LogP) is 2.96. The van der Waals surface area contributed by atoms with Crippen LogP contribution in [0.15, 0.2) is 47.6 Å². The van der Waals surface area contributed by atoms with Gasteiger partial charge in [-0.2, -0.15) is 0 Å². The SMILES string of the molecule is CN=C(NCCc1cccc(Cl)c1)NCc1cccnc1N1CCC(C(N)=O)CC1.I. The molecule has 3 rings (SSSR count). The fourth-order valence-electron chi connectivity index (χ4n) is 3.65. The van der Waals surface area contributed by atoms with Gasteiger partial charge < -0.3 is 21.3 Å². The Morgan fingerprint density at radius 2 is 2.03 bits per heavy atom. The second-order valence-electron chi connectivity index (χ2n) is 7.38. The molecule has 9 heteroatoms. The van der Waals surface area contributed by atoms with Gasteiger partial charge >= 0.3 is 0 Å². The first-order valence-electron chi connectivity index (χ1n) is 10.2. The number of aliphatic imine (C=N–C) groups is 1. The number of carbonyl (C=O) groups excluding carboxylic acids is 1. The average molecular weight is 557 g/mol. The minimum absolute atomic E-state index is 0. The van der Waals surface area contributed by atoms with Crippen LogP contribution in [0.5, 0.6) is 0 Å². The molecule has 0 aliphatic carbocycles. The molecule has 1 aliphatic rings. The van der Waals surface area contributed by atoms with Gasteiger partial charge in [0.1, 0.15) is 5.82 Å². The molecule has 2 heterocycles. The smallest absolute Gasteiger partial charge is 0.220 e. The van der Waals surface area contributed by atoms with E-state index in [1.807, 2.05) is 24.3 Å². The molecule has 2 aromatic rings. The van der Waals surface area contributed by atoms with Gasteiger partial charge in [0, 0.05) is 55.9 Å². The van der Waals surface area contributed by atoms with Crippen molar-refractivity contribution in [2.24, 2.45) is 16.6 Å². The monoisotopic (exact) mass is 556 g/mol. The molecule has 0 unspecified atom stereocenters. The molecule has 0 atom stereocenters. The third-order valence-electron chi connectivity index (χ3n) is 5.33. The van der Waals surface area contributed by atoms with Crippen LogP contribution in [-0.2, 0) is 17.8 Å². The summed E-state index contributed by atoms with van der Waals surface area (Å²) >= 11 is 6.04. The zero-order chi connectivity index (χ0) is 21.3.